The van der Waals surface area contributed by atoms with E-state index < -0.39 is 41.8 Å². The third-order valence-electron chi connectivity index (χ3n) is 19.8. The lowest BCUT2D eigenvalue weighted by Crippen LogP contribution is -2.66. The van der Waals surface area contributed by atoms with Crippen LogP contribution in [0.3, 0.4) is 0 Å². The molecule has 0 saturated carbocycles. The Labute approximate surface area is 500 Å². The van der Waals surface area contributed by atoms with Crippen molar-refractivity contribution in [2.45, 2.75) is 267 Å². The van der Waals surface area contributed by atoms with E-state index >= 15 is 0 Å². The van der Waals surface area contributed by atoms with E-state index in [1.165, 1.54) is 10.4 Å². The van der Waals surface area contributed by atoms with Crippen molar-refractivity contribution in [3.63, 3.8) is 0 Å². The Hall–Kier alpha value is -1.44. The Morgan fingerprint density at radius 1 is 0.662 bits per heavy atom. The van der Waals surface area contributed by atoms with Crippen molar-refractivity contribution in [1.82, 2.24) is 0 Å². The lowest BCUT2D eigenvalue weighted by molar-refractivity contribution is -0.270. The summed E-state index contributed by atoms with van der Waals surface area (Å²) >= 11 is 19.3. The van der Waals surface area contributed by atoms with Crippen LogP contribution in [0.2, 0.25) is 56.4 Å². The van der Waals surface area contributed by atoms with Crippen LogP contribution < -0.4 is 10.4 Å². The molecule has 80 heavy (non-hydrogen) atoms. The van der Waals surface area contributed by atoms with Crippen LogP contribution in [-0.2, 0) is 48.3 Å². The molecule has 0 aromatic heterocycles. The van der Waals surface area contributed by atoms with E-state index in [0.29, 0.717) is 41.1 Å². The fourth-order valence-corrected chi connectivity index (χ4v) is 21.4. The first-order chi connectivity index (χ1) is 37.2. The van der Waals surface area contributed by atoms with E-state index in [2.05, 4.69) is 189 Å². The average molecular weight is 1220 g/mol. The molecule has 446 valence electrons. The molecule has 0 aliphatic carbocycles. The van der Waals surface area contributed by atoms with Crippen LogP contribution in [0.15, 0.2) is 84.9 Å². The summed E-state index contributed by atoms with van der Waals surface area (Å²) in [7, 11) is -7.28. The smallest absolute Gasteiger partial charge is 0.261 e. The van der Waals surface area contributed by atoms with Gasteiger partial charge in [-0.2, -0.15) is 0 Å². The summed E-state index contributed by atoms with van der Waals surface area (Å²) in [5, 5.41) is 3.99. The van der Waals surface area contributed by atoms with Crippen LogP contribution in [-0.4, -0.2) is 110 Å². The summed E-state index contributed by atoms with van der Waals surface area (Å²) in [5.74, 6) is 0.276. The van der Waals surface area contributed by atoms with Gasteiger partial charge in [0.15, 0.2) is 16.6 Å². The Morgan fingerprint density at radius 3 is 1.84 bits per heavy atom. The maximum atomic E-state index is 7.63. The molecule has 5 aliphatic rings. The maximum absolute atomic E-state index is 7.63. The topological polar surface area (TPSA) is 83.1 Å². The molecule has 5 heterocycles. The van der Waals surface area contributed by atoms with E-state index in [-0.39, 0.29) is 82.6 Å². The average Bonchev–Trinajstić information content (AvgIpc) is 3.88. The molecule has 0 amide bonds. The van der Waals surface area contributed by atoms with Crippen LogP contribution in [0.5, 0.6) is 0 Å². The molecule has 3 aromatic rings. The van der Waals surface area contributed by atoms with Gasteiger partial charge < -0.3 is 41.7 Å². The number of ether oxygens (including phenoxy) is 6. The van der Waals surface area contributed by atoms with Gasteiger partial charge in [0, 0.05) is 46.7 Å². The van der Waals surface area contributed by atoms with Gasteiger partial charge in [0.05, 0.1) is 66.1 Å². The fourth-order valence-electron chi connectivity index (χ4n) is 12.9. The molecule has 8 rings (SSSR count). The highest BCUT2D eigenvalue weighted by Gasteiger charge is 2.60. The second-order valence-electron chi connectivity index (χ2n) is 29.0. The van der Waals surface area contributed by atoms with Crippen molar-refractivity contribution >= 4 is 70.1 Å². The first kappa shape index (κ1) is 64.6. The molecule has 0 bridgehead atoms. The summed E-state index contributed by atoms with van der Waals surface area (Å²) < 4.78 is 66.0. The number of halogens is 3. The van der Waals surface area contributed by atoms with Gasteiger partial charge in [0.25, 0.3) is 8.32 Å². The minimum atomic E-state index is -2.67. The Kier molecular flexibility index (Phi) is 20.0. The molecular weight excluding hydrogens is 1120 g/mol. The van der Waals surface area contributed by atoms with E-state index in [9.17, 15) is 0 Å². The largest absolute Gasteiger partial charge is 0.411 e. The summed E-state index contributed by atoms with van der Waals surface area (Å²) in [6.07, 6.45) is 9.57. The van der Waals surface area contributed by atoms with Gasteiger partial charge in [-0.25, -0.2) is 0 Å². The monoisotopic (exact) mass is 1210 g/mol. The second-order valence-corrected chi connectivity index (χ2v) is 44.0. The number of hydrogen-bond donors (Lipinski definition) is 0. The highest BCUT2D eigenvalue weighted by atomic mass is 35.5. The van der Waals surface area contributed by atoms with Gasteiger partial charge in [0.1, 0.15) is 12.2 Å². The molecule has 0 unspecified atom stereocenters. The van der Waals surface area contributed by atoms with Crippen LogP contribution in [0.25, 0.3) is 0 Å². The first-order valence-electron chi connectivity index (χ1n) is 30.1. The van der Waals surface area contributed by atoms with Crippen molar-refractivity contribution in [2.24, 2.45) is 5.92 Å². The predicted molar refractivity (Wildman–Crippen MR) is 336 cm³/mol. The molecule has 4 fully saturated rings. The van der Waals surface area contributed by atoms with E-state index in [0.717, 1.165) is 50.5 Å². The summed E-state index contributed by atoms with van der Waals surface area (Å²) in [4.78, 5) is 0. The lowest BCUT2D eigenvalue weighted by Gasteiger charge is -2.50. The molecule has 0 spiro atoms. The lowest BCUT2D eigenvalue weighted by atomic mass is 9.79. The van der Waals surface area contributed by atoms with Crippen molar-refractivity contribution in [3.05, 3.63) is 106 Å². The molecule has 5 aliphatic heterocycles. The summed E-state index contributed by atoms with van der Waals surface area (Å²) in [6.45, 7) is 40.8. The van der Waals surface area contributed by atoms with E-state index in [1.807, 2.05) is 0 Å². The van der Waals surface area contributed by atoms with E-state index in [1.54, 1.807) is 12.1 Å². The van der Waals surface area contributed by atoms with Crippen molar-refractivity contribution in [2.75, 3.05) is 13.2 Å². The minimum Gasteiger partial charge on any atom is -0.411 e. The second kappa shape index (κ2) is 24.7. The third kappa shape index (κ3) is 13.9. The summed E-state index contributed by atoms with van der Waals surface area (Å²) in [6, 6.07) is 25.3. The molecule has 0 N–H and O–H groups in total. The third-order valence-corrected chi connectivity index (χ3v) is 34.8. The molecule has 4 saturated heterocycles. The molecule has 0 radical (unpaired) electrons. The Morgan fingerprint density at radius 2 is 1.25 bits per heavy atom. The molecule has 9 nitrogen and oxygen atoms in total. The quantitative estimate of drug-likeness (QED) is 0.0745. The molecule has 13 atom stereocenters. The van der Waals surface area contributed by atoms with Gasteiger partial charge in [-0.1, -0.05) is 177 Å². The normalized spacial score (nSPS) is 32.6. The molecule has 3 aromatic carbocycles. The van der Waals surface area contributed by atoms with Crippen LogP contribution in [0, 0.1) is 5.92 Å². The number of hydrogen-bond acceptors (Lipinski definition) is 9. The predicted octanol–water partition coefficient (Wildman–Crippen LogP) is 16.2. The Bertz CT molecular complexity index is 2510. The first-order valence-corrected chi connectivity index (χ1v) is 38.9. The van der Waals surface area contributed by atoms with Crippen LogP contribution in [0.4, 0.5) is 0 Å². The van der Waals surface area contributed by atoms with Crippen LogP contribution >= 0.6 is 34.8 Å². The Balaban J connectivity index is 1.01. The molecular formula is C65H99Cl3O9Si3. The summed E-state index contributed by atoms with van der Waals surface area (Å²) in [5.41, 5.74) is -1.18. The minimum absolute atomic E-state index is 0.00985. The molecule has 15 heteroatoms. The SMILES string of the molecule is C[C@H]1C[C@@H]2O[C@@H]3C[C@@H]4O[C@@H]5C=C[C@](C)(O[Si](C)(C)C(C)(C)C)[C@@H](CCCOCc6c(Cl)cc(Cl)cc6Cl)O[C@H]5CC[C@@]4(C)O[C@H]3[C@@H](O[Si](C)(C)C(C)(C)C)C[C@@]2(C)O[C@H]1CCCO[Si](c1ccccc1)(c1ccccc1)C(C)(C)C. The highest BCUT2D eigenvalue weighted by Crippen LogP contribution is 2.52. The fraction of sp³-hybridized carbons (Fsp3) is 0.692. The zero-order chi connectivity index (χ0) is 58.5. The van der Waals surface area contributed by atoms with Gasteiger partial charge in [-0.3, -0.25) is 0 Å². The van der Waals surface area contributed by atoms with E-state index in [4.69, 9.17) is 76.5 Å². The van der Waals surface area contributed by atoms with Gasteiger partial charge in [-0.05, 0) is 135 Å². The van der Waals surface area contributed by atoms with Crippen molar-refractivity contribution in [3.8, 4) is 0 Å². The van der Waals surface area contributed by atoms with Crippen LogP contribution in [0.1, 0.15) is 153 Å². The zero-order valence-electron chi connectivity index (χ0n) is 51.6. The van der Waals surface area contributed by atoms with Crippen molar-refractivity contribution in [1.29, 1.82) is 0 Å². The van der Waals surface area contributed by atoms with Gasteiger partial charge >= 0.3 is 0 Å². The number of fused-ring (bicyclic) bond motifs is 4. The number of benzene rings is 3. The van der Waals surface area contributed by atoms with Gasteiger partial charge in [0.2, 0.25) is 0 Å². The standard InChI is InChI=1S/C65H99Cl3O9Si3/c1-44-38-57-65(13,74-51(44)30-24-37-70-80(62(8,9)10,46-26-20-18-21-27-46)47-28-22-19-23-29-47)42-55(76-78(14,15)60(2,3)4)59-54(73-57)41-58-63(11,75-59)34-32-52-53(72-58)33-35-64(12,77-79(16,17)61(5,6)7)56(71-52)31-25-36-69-43-48-49(67)39-45(66)40-50(48)68/h18-23,26-29,33,35,39-40,44,51-59H,24-25,30-32,34,36-38,41-43H2,1-17H3/t44-,51-,52-,53+,54+,55-,56+,57-,58-,59+,63+,64-,65+/m0/s1. The van der Waals surface area contributed by atoms with Gasteiger partial charge in [-0.15, -0.1) is 0 Å². The maximum Gasteiger partial charge on any atom is 0.261 e. The zero-order valence-corrected chi connectivity index (χ0v) is 56.9. The van der Waals surface area contributed by atoms with Crippen molar-refractivity contribution < 1.29 is 41.7 Å². The highest BCUT2D eigenvalue weighted by molar-refractivity contribution is 6.99. The number of rotatable bonds is 17.